The fraction of sp³-hybridized carbons (Fsp3) is 0.778. The lowest BCUT2D eigenvalue weighted by atomic mass is 10.1. The van der Waals surface area contributed by atoms with Crippen molar-refractivity contribution in [3.8, 4) is 23.7 Å². The maximum atomic E-state index is 9.37. The number of hydrogen-bond acceptors (Lipinski definition) is 3. The largest absolute Gasteiger partial charge is 0.395 e. The van der Waals surface area contributed by atoms with E-state index in [1.807, 2.05) is 0 Å². The molecule has 0 amide bonds. The van der Waals surface area contributed by atoms with Crippen molar-refractivity contribution in [3.05, 3.63) is 0 Å². The molecule has 0 aliphatic rings. The fourth-order valence-corrected chi connectivity index (χ4v) is 1.95. The summed E-state index contributed by atoms with van der Waals surface area (Å²) in [5.74, 6) is 10.8. The molecular formula is C18H31NO2. The molecule has 0 aromatic heterocycles. The van der Waals surface area contributed by atoms with Crippen LogP contribution in [0.2, 0.25) is 0 Å². The van der Waals surface area contributed by atoms with Crippen LogP contribution in [0.1, 0.15) is 71.1 Å². The van der Waals surface area contributed by atoms with E-state index in [-0.39, 0.29) is 6.61 Å². The molecule has 0 rings (SSSR count). The van der Waals surface area contributed by atoms with Gasteiger partial charge in [-0.3, -0.25) is 0 Å². The predicted octanol–water partition coefficient (Wildman–Crippen LogP) is 2.59. The number of unbranched alkanes of at least 4 members (excludes halogenated alkanes) is 9. The molecule has 0 saturated carbocycles. The van der Waals surface area contributed by atoms with Gasteiger partial charge in [0.15, 0.2) is 0 Å². The number of rotatable bonds is 11. The van der Waals surface area contributed by atoms with Crippen molar-refractivity contribution in [2.75, 3.05) is 6.61 Å². The molecule has 0 heterocycles. The van der Waals surface area contributed by atoms with Gasteiger partial charge in [-0.25, -0.2) is 0 Å². The van der Waals surface area contributed by atoms with Gasteiger partial charge in [0, 0.05) is 6.42 Å². The molecule has 0 unspecified atom stereocenters. The van der Waals surface area contributed by atoms with Crippen LogP contribution < -0.4 is 5.73 Å². The van der Waals surface area contributed by atoms with Crippen molar-refractivity contribution in [1.82, 2.24) is 0 Å². The lowest BCUT2D eigenvalue weighted by Crippen LogP contribution is -2.36. The van der Waals surface area contributed by atoms with E-state index in [0.29, 0.717) is 0 Å². The van der Waals surface area contributed by atoms with Gasteiger partial charge in [-0.15, -0.1) is 0 Å². The number of aliphatic hydroxyl groups excluding tert-OH is 2. The van der Waals surface area contributed by atoms with Crippen molar-refractivity contribution < 1.29 is 10.2 Å². The summed E-state index contributed by atoms with van der Waals surface area (Å²) in [6.07, 6.45) is 11.6. The first-order chi connectivity index (χ1) is 10.2. The Morgan fingerprint density at radius 2 is 1.48 bits per heavy atom. The normalized spacial score (nSPS) is 12.8. The van der Waals surface area contributed by atoms with Crippen LogP contribution in [0.5, 0.6) is 0 Å². The van der Waals surface area contributed by atoms with Crippen molar-refractivity contribution in [2.45, 2.75) is 83.3 Å². The minimum absolute atomic E-state index is 0.276. The molecule has 3 heteroatoms. The predicted molar refractivity (Wildman–Crippen MR) is 88.5 cm³/mol. The van der Waals surface area contributed by atoms with Crippen molar-refractivity contribution in [2.24, 2.45) is 5.73 Å². The number of aliphatic hydroxyl groups is 2. The second-order valence-corrected chi connectivity index (χ2v) is 5.44. The highest BCUT2D eigenvalue weighted by molar-refractivity contribution is 5.27. The highest BCUT2D eigenvalue weighted by Gasteiger charge is 2.08. The highest BCUT2D eigenvalue weighted by Crippen LogP contribution is 2.10. The Morgan fingerprint density at radius 3 is 2.05 bits per heavy atom. The third kappa shape index (κ3) is 13.7. The van der Waals surface area contributed by atoms with Gasteiger partial charge < -0.3 is 15.9 Å². The Morgan fingerprint density at radius 1 is 0.905 bits per heavy atom. The van der Waals surface area contributed by atoms with Crippen LogP contribution in [-0.2, 0) is 0 Å². The van der Waals surface area contributed by atoms with Crippen LogP contribution in [0, 0.1) is 23.7 Å². The maximum Gasteiger partial charge on any atom is 0.133 e. The zero-order valence-corrected chi connectivity index (χ0v) is 13.4. The summed E-state index contributed by atoms with van der Waals surface area (Å²) in [6.45, 7) is 1.97. The van der Waals surface area contributed by atoms with Crippen LogP contribution in [0.25, 0.3) is 0 Å². The Labute approximate surface area is 130 Å². The van der Waals surface area contributed by atoms with Crippen LogP contribution in [0.15, 0.2) is 0 Å². The molecule has 2 atom stereocenters. The highest BCUT2D eigenvalue weighted by atomic mass is 16.3. The molecule has 120 valence electrons. The zero-order chi connectivity index (χ0) is 15.8. The van der Waals surface area contributed by atoms with E-state index in [1.54, 1.807) is 0 Å². The van der Waals surface area contributed by atoms with E-state index in [0.717, 1.165) is 12.8 Å². The lowest BCUT2D eigenvalue weighted by molar-refractivity contribution is 0.151. The first-order valence-corrected chi connectivity index (χ1v) is 8.25. The Bertz CT molecular complexity index is 346. The maximum absolute atomic E-state index is 9.37. The standard InChI is InChI=1S/C18H31NO2/c1-2-3-4-5-6-7-8-9-10-11-12-13-14-15-18(21)17(19)16-20/h17-18,20-21H,2-11,16,19H2,1H3/t17-,18+/m0/s1. The van der Waals surface area contributed by atoms with Gasteiger partial charge in [-0.05, 0) is 18.3 Å². The van der Waals surface area contributed by atoms with Crippen molar-refractivity contribution in [1.29, 1.82) is 0 Å². The van der Waals surface area contributed by atoms with Crippen LogP contribution in [0.3, 0.4) is 0 Å². The molecule has 0 bridgehead atoms. The smallest absolute Gasteiger partial charge is 0.133 e. The summed E-state index contributed by atoms with van der Waals surface area (Å²) in [4.78, 5) is 0. The summed E-state index contributed by atoms with van der Waals surface area (Å²) in [5.41, 5.74) is 5.41. The molecule has 21 heavy (non-hydrogen) atoms. The summed E-state index contributed by atoms with van der Waals surface area (Å²) < 4.78 is 0. The van der Waals surface area contributed by atoms with Crippen LogP contribution >= 0.6 is 0 Å². The Hall–Kier alpha value is -1.00. The van der Waals surface area contributed by atoms with Gasteiger partial charge in [0.1, 0.15) is 6.10 Å². The Kier molecular flexibility index (Phi) is 14.7. The third-order valence-electron chi connectivity index (χ3n) is 3.39. The molecule has 0 radical (unpaired) electrons. The molecule has 0 aliphatic heterocycles. The van der Waals surface area contributed by atoms with Gasteiger partial charge in [-0.1, -0.05) is 70.1 Å². The minimum atomic E-state index is -1.00. The van der Waals surface area contributed by atoms with Crippen LogP contribution in [-0.4, -0.2) is 29.0 Å². The van der Waals surface area contributed by atoms with Gasteiger partial charge in [0.2, 0.25) is 0 Å². The van der Waals surface area contributed by atoms with E-state index < -0.39 is 12.1 Å². The van der Waals surface area contributed by atoms with Gasteiger partial charge >= 0.3 is 0 Å². The first-order valence-electron chi connectivity index (χ1n) is 8.25. The van der Waals surface area contributed by atoms with Gasteiger partial charge in [-0.2, -0.15) is 0 Å². The van der Waals surface area contributed by atoms with E-state index in [1.165, 1.54) is 51.4 Å². The van der Waals surface area contributed by atoms with Gasteiger partial charge in [0.05, 0.1) is 12.6 Å². The topological polar surface area (TPSA) is 66.5 Å². The molecule has 0 aromatic rings. The molecule has 4 N–H and O–H groups in total. The summed E-state index contributed by atoms with van der Waals surface area (Å²) >= 11 is 0. The van der Waals surface area contributed by atoms with Crippen molar-refractivity contribution in [3.63, 3.8) is 0 Å². The summed E-state index contributed by atoms with van der Waals surface area (Å²) in [5, 5.41) is 18.1. The second kappa shape index (κ2) is 15.4. The monoisotopic (exact) mass is 293 g/mol. The third-order valence-corrected chi connectivity index (χ3v) is 3.39. The van der Waals surface area contributed by atoms with Gasteiger partial charge in [0.25, 0.3) is 0 Å². The average Bonchev–Trinajstić information content (AvgIpc) is 2.50. The van der Waals surface area contributed by atoms with Crippen LogP contribution in [0.4, 0.5) is 0 Å². The van der Waals surface area contributed by atoms with Crippen molar-refractivity contribution >= 4 is 0 Å². The Balaban J connectivity index is 3.44. The molecule has 0 saturated heterocycles. The molecule has 3 nitrogen and oxygen atoms in total. The quantitative estimate of drug-likeness (QED) is 0.405. The summed E-state index contributed by atoms with van der Waals surface area (Å²) in [6, 6.07) is -0.711. The lowest BCUT2D eigenvalue weighted by Gasteiger charge is -2.08. The second-order valence-electron chi connectivity index (χ2n) is 5.44. The number of nitrogens with two attached hydrogens (primary N) is 1. The number of hydrogen-bond donors (Lipinski definition) is 3. The molecule has 0 spiro atoms. The molecule has 0 aromatic carbocycles. The van der Waals surface area contributed by atoms with E-state index in [2.05, 4.69) is 30.6 Å². The molecule has 0 aliphatic carbocycles. The zero-order valence-electron chi connectivity index (χ0n) is 13.4. The fourth-order valence-electron chi connectivity index (χ4n) is 1.95. The van der Waals surface area contributed by atoms with E-state index in [9.17, 15) is 5.11 Å². The molecular weight excluding hydrogens is 262 g/mol. The van der Waals surface area contributed by atoms with E-state index >= 15 is 0 Å². The first kappa shape index (κ1) is 20.0. The SMILES string of the molecule is CCCCCCCCCCCC#CC#C[C@@H](O)[C@@H](N)CO. The molecule has 0 fully saturated rings. The average molecular weight is 293 g/mol. The van der Waals surface area contributed by atoms with E-state index in [4.69, 9.17) is 10.8 Å². The summed E-state index contributed by atoms with van der Waals surface area (Å²) in [7, 11) is 0. The minimum Gasteiger partial charge on any atom is -0.395 e.